The number of halogens is 3. The van der Waals surface area contributed by atoms with E-state index in [0.29, 0.717) is 6.54 Å². The molecule has 0 bridgehead atoms. The van der Waals surface area contributed by atoms with Crippen LogP contribution in [0.1, 0.15) is 18.1 Å². The van der Waals surface area contributed by atoms with E-state index in [-0.39, 0.29) is 29.6 Å². The number of ketones is 1. The van der Waals surface area contributed by atoms with Gasteiger partial charge in [0.25, 0.3) is 0 Å². The number of Topliss-reactive ketones (excluding diaryl/α,β-unsaturated/α-hetero) is 1. The maximum absolute atomic E-state index is 12.8. The first kappa shape index (κ1) is 14.1. The van der Waals surface area contributed by atoms with Gasteiger partial charge in [-0.2, -0.15) is 13.2 Å². The molecule has 1 saturated heterocycles. The van der Waals surface area contributed by atoms with Gasteiger partial charge in [-0.25, -0.2) is 0 Å². The Labute approximate surface area is 110 Å². The molecule has 1 aromatic carbocycles. The number of carbonyl (C=O) groups is 1. The Morgan fingerprint density at radius 2 is 2.00 bits per heavy atom. The summed E-state index contributed by atoms with van der Waals surface area (Å²) < 4.78 is 38.5. The summed E-state index contributed by atoms with van der Waals surface area (Å²) in [7, 11) is 0. The quantitative estimate of drug-likeness (QED) is 0.915. The van der Waals surface area contributed by atoms with Crippen LogP contribution in [-0.4, -0.2) is 18.9 Å². The molecule has 19 heavy (non-hydrogen) atoms. The van der Waals surface area contributed by atoms with Crippen molar-refractivity contribution in [3.05, 3.63) is 35.4 Å². The number of rotatable bonds is 3. The first-order valence-corrected chi connectivity index (χ1v) is 6.28. The highest BCUT2D eigenvalue weighted by Gasteiger charge is 2.35. The van der Waals surface area contributed by atoms with Crippen molar-refractivity contribution in [3.8, 4) is 0 Å². The van der Waals surface area contributed by atoms with Gasteiger partial charge in [0, 0.05) is 18.9 Å². The Kier molecular flexibility index (Phi) is 3.94. The summed E-state index contributed by atoms with van der Waals surface area (Å²) >= 11 is 0. The molecule has 0 spiro atoms. The van der Waals surface area contributed by atoms with Gasteiger partial charge in [-0.1, -0.05) is 25.1 Å². The molecule has 2 atom stereocenters. The average molecular weight is 271 g/mol. The SMILES string of the molecule is CC1CNCC1C(=O)Cc1ccccc1C(F)(F)F. The zero-order valence-electron chi connectivity index (χ0n) is 10.6. The Morgan fingerprint density at radius 1 is 1.32 bits per heavy atom. The summed E-state index contributed by atoms with van der Waals surface area (Å²) in [6.07, 6.45) is -4.55. The molecule has 1 aliphatic heterocycles. The van der Waals surface area contributed by atoms with Gasteiger partial charge >= 0.3 is 6.18 Å². The van der Waals surface area contributed by atoms with Gasteiger partial charge in [-0.05, 0) is 24.1 Å². The van der Waals surface area contributed by atoms with E-state index in [0.717, 1.165) is 12.6 Å². The van der Waals surface area contributed by atoms with Gasteiger partial charge in [0.05, 0.1) is 5.56 Å². The Balaban J connectivity index is 2.17. The fourth-order valence-corrected chi connectivity index (χ4v) is 2.51. The van der Waals surface area contributed by atoms with Crippen molar-refractivity contribution < 1.29 is 18.0 Å². The van der Waals surface area contributed by atoms with Crippen LogP contribution in [0.5, 0.6) is 0 Å². The zero-order valence-corrected chi connectivity index (χ0v) is 10.6. The van der Waals surface area contributed by atoms with Crippen molar-refractivity contribution in [1.29, 1.82) is 0 Å². The molecule has 1 aromatic rings. The highest BCUT2D eigenvalue weighted by molar-refractivity contribution is 5.84. The van der Waals surface area contributed by atoms with E-state index in [4.69, 9.17) is 0 Å². The van der Waals surface area contributed by atoms with E-state index in [2.05, 4.69) is 5.32 Å². The lowest BCUT2D eigenvalue weighted by Gasteiger charge is -2.16. The lowest BCUT2D eigenvalue weighted by molar-refractivity contribution is -0.138. The summed E-state index contributed by atoms with van der Waals surface area (Å²) in [4.78, 5) is 12.1. The maximum atomic E-state index is 12.8. The second-order valence-electron chi connectivity index (χ2n) is 5.04. The van der Waals surface area contributed by atoms with Crippen LogP contribution in [0.2, 0.25) is 0 Å². The first-order chi connectivity index (χ1) is 8.89. The molecule has 1 heterocycles. The predicted octanol–water partition coefficient (Wildman–Crippen LogP) is 2.67. The van der Waals surface area contributed by atoms with Crippen LogP contribution in [0.4, 0.5) is 13.2 Å². The van der Waals surface area contributed by atoms with E-state index >= 15 is 0 Å². The van der Waals surface area contributed by atoms with Crippen molar-refractivity contribution in [2.24, 2.45) is 11.8 Å². The Bertz CT molecular complexity index is 470. The average Bonchev–Trinajstić information content (AvgIpc) is 2.75. The molecule has 0 amide bonds. The minimum absolute atomic E-state index is 0.0686. The predicted molar refractivity (Wildman–Crippen MR) is 65.7 cm³/mol. The second kappa shape index (κ2) is 5.33. The van der Waals surface area contributed by atoms with Crippen LogP contribution >= 0.6 is 0 Å². The van der Waals surface area contributed by atoms with Gasteiger partial charge in [0.2, 0.25) is 0 Å². The monoisotopic (exact) mass is 271 g/mol. The highest BCUT2D eigenvalue weighted by atomic mass is 19.4. The van der Waals surface area contributed by atoms with Gasteiger partial charge in [0.15, 0.2) is 0 Å². The normalized spacial score (nSPS) is 23.6. The number of carbonyl (C=O) groups excluding carboxylic acids is 1. The van der Waals surface area contributed by atoms with Gasteiger partial charge in [-0.15, -0.1) is 0 Å². The number of alkyl halides is 3. The molecule has 1 N–H and O–H groups in total. The van der Waals surface area contributed by atoms with Crippen LogP contribution in [0, 0.1) is 11.8 Å². The molecule has 0 radical (unpaired) electrons. The summed E-state index contributed by atoms with van der Waals surface area (Å²) in [5.41, 5.74) is -0.638. The summed E-state index contributed by atoms with van der Waals surface area (Å²) in [6, 6.07) is 5.29. The van der Waals surface area contributed by atoms with Crippen LogP contribution in [0.15, 0.2) is 24.3 Å². The van der Waals surface area contributed by atoms with Crippen molar-refractivity contribution in [2.45, 2.75) is 19.5 Å². The molecule has 2 unspecified atom stereocenters. The minimum Gasteiger partial charge on any atom is -0.316 e. The summed E-state index contributed by atoms with van der Waals surface area (Å²) in [6.45, 7) is 3.25. The Morgan fingerprint density at radius 3 is 2.58 bits per heavy atom. The number of benzene rings is 1. The summed E-state index contributed by atoms with van der Waals surface area (Å²) in [5, 5.41) is 3.09. The van der Waals surface area contributed by atoms with Gasteiger partial charge < -0.3 is 5.32 Å². The standard InChI is InChI=1S/C14H16F3NO/c1-9-7-18-8-11(9)13(19)6-10-4-2-3-5-12(10)14(15,16)17/h2-5,9,11,18H,6-8H2,1H3. The van der Waals surface area contributed by atoms with E-state index < -0.39 is 11.7 Å². The van der Waals surface area contributed by atoms with Gasteiger partial charge in [0.1, 0.15) is 5.78 Å². The molecule has 0 aliphatic carbocycles. The summed E-state index contributed by atoms with van der Waals surface area (Å²) in [5.74, 6) is -0.110. The third-order valence-corrected chi connectivity index (χ3v) is 3.62. The van der Waals surface area contributed by atoms with Crippen molar-refractivity contribution in [1.82, 2.24) is 5.32 Å². The number of hydrogen-bond acceptors (Lipinski definition) is 2. The van der Waals surface area contributed by atoms with Gasteiger partial charge in [-0.3, -0.25) is 4.79 Å². The molecule has 1 fully saturated rings. The third kappa shape index (κ3) is 3.15. The highest BCUT2D eigenvalue weighted by Crippen LogP contribution is 2.32. The largest absolute Gasteiger partial charge is 0.416 e. The lowest BCUT2D eigenvalue weighted by atomic mass is 9.89. The fraction of sp³-hybridized carbons (Fsp3) is 0.500. The first-order valence-electron chi connectivity index (χ1n) is 6.28. The molecule has 1 aliphatic rings. The topological polar surface area (TPSA) is 29.1 Å². The van der Waals surface area contributed by atoms with Crippen LogP contribution in [0.25, 0.3) is 0 Å². The fourth-order valence-electron chi connectivity index (χ4n) is 2.51. The molecular weight excluding hydrogens is 255 g/mol. The molecule has 0 saturated carbocycles. The second-order valence-corrected chi connectivity index (χ2v) is 5.04. The molecule has 0 aromatic heterocycles. The van der Waals surface area contributed by atoms with Crippen molar-refractivity contribution in [2.75, 3.05) is 13.1 Å². The number of hydrogen-bond donors (Lipinski definition) is 1. The van der Waals surface area contributed by atoms with Crippen LogP contribution < -0.4 is 5.32 Å². The van der Waals surface area contributed by atoms with Crippen LogP contribution in [0.3, 0.4) is 0 Å². The van der Waals surface area contributed by atoms with Crippen molar-refractivity contribution in [3.63, 3.8) is 0 Å². The number of nitrogens with one attached hydrogen (secondary N) is 1. The molecular formula is C14H16F3NO. The zero-order chi connectivity index (χ0) is 14.0. The molecule has 5 heteroatoms. The smallest absolute Gasteiger partial charge is 0.316 e. The van der Waals surface area contributed by atoms with E-state index in [1.54, 1.807) is 0 Å². The van der Waals surface area contributed by atoms with Crippen LogP contribution in [-0.2, 0) is 17.4 Å². The Hall–Kier alpha value is -1.36. The molecule has 2 nitrogen and oxygen atoms in total. The minimum atomic E-state index is -4.41. The third-order valence-electron chi connectivity index (χ3n) is 3.62. The van der Waals surface area contributed by atoms with E-state index in [1.165, 1.54) is 18.2 Å². The molecule has 2 rings (SSSR count). The van der Waals surface area contributed by atoms with E-state index in [1.807, 2.05) is 6.92 Å². The molecule has 104 valence electrons. The maximum Gasteiger partial charge on any atom is 0.416 e. The van der Waals surface area contributed by atoms with Crippen molar-refractivity contribution >= 4 is 5.78 Å². The lowest BCUT2D eigenvalue weighted by Crippen LogP contribution is -2.24. The van der Waals surface area contributed by atoms with E-state index in [9.17, 15) is 18.0 Å².